The first kappa shape index (κ1) is 21.1. The molecule has 160 valence electrons. The molecule has 0 saturated carbocycles. The zero-order valence-corrected chi connectivity index (χ0v) is 17.3. The maximum atomic E-state index is 12.8. The summed E-state index contributed by atoms with van der Waals surface area (Å²) >= 11 is 0. The number of rotatable bonds is 8. The van der Waals surface area contributed by atoms with Crippen molar-refractivity contribution in [2.75, 3.05) is 6.61 Å². The number of para-hydroxylation sites is 1. The second kappa shape index (κ2) is 9.75. The fourth-order valence-electron chi connectivity index (χ4n) is 3.34. The van der Waals surface area contributed by atoms with E-state index in [-0.39, 0.29) is 23.7 Å². The van der Waals surface area contributed by atoms with E-state index in [0.717, 1.165) is 17.4 Å². The second-order valence-corrected chi connectivity index (χ2v) is 7.29. The van der Waals surface area contributed by atoms with Gasteiger partial charge >= 0.3 is 5.97 Å². The van der Waals surface area contributed by atoms with Crippen molar-refractivity contribution in [1.29, 1.82) is 0 Å². The normalized spacial score (nSPS) is 10.6. The summed E-state index contributed by atoms with van der Waals surface area (Å²) in [6, 6.07) is 25.7. The van der Waals surface area contributed by atoms with Gasteiger partial charge in [-0.3, -0.25) is 4.79 Å². The summed E-state index contributed by atoms with van der Waals surface area (Å²) in [6.07, 6.45) is 0.755. The highest BCUT2D eigenvalue weighted by Gasteiger charge is 2.13. The van der Waals surface area contributed by atoms with E-state index in [2.05, 4.69) is 22.4 Å². The van der Waals surface area contributed by atoms with Gasteiger partial charge in [-0.1, -0.05) is 54.6 Å². The van der Waals surface area contributed by atoms with Crippen LogP contribution < -0.4 is 10.1 Å². The molecule has 2 N–H and O–H groups in total. The van der Waals surface area contributed by atoms with Gasteiger partial charge in [0.15, 0.2) is 0 Å². The average molecular weight is 426 g/mol. The number of hydrogen-bond acceptors (Lipinski definition) is 4. The number of aromatic nitrogens is 1. The lowest BCUT2D eigenvalue weighted by atomic mass is 10.1. The highest BCUT2D eigenvalue weighted by molar-refractivity contribution is 5.97. The summed E-state index contributed by atoms with van der Waals surface area (Å²) in [6.45, 7) is 0.743. The van der Waals surface area contributed by atoms with Crippen LogP contribution >= 0.6 is 0 Å². The minimum Gasteiger partial charge on any atom is -0.492 e. The minimum atomic E-state index is -0.985. The van der Waals surface area contributed by atoms with Gasteiger partial charge in [-0.05, 0) is 35.4 Å². The SMILES string of the molecule is O=C(O)c1ccc(CNC(=O)c2cc(OCCc3ccccc3)c3ccccc3n2)cc1. The number of ether oxygens (including phenoxy) is 1. The number of nitrogens with one attached hydrogen (secondary N) is 1. The van der Waals surface area contributed by atoms with E-state index in [1.165, 1.54) is 17.7 Å². The van der Waals surface area contributed by atoms with Crippen LogP contribution in [0.1, 0.15) is 32.0 Å². The molecule has 0 fully saturated rings. The molecule has 32 heavy (non-hydrogen) atoms. The maximum Gasteiger partial charge on any atom is 0.335 e. The van der Waals surface area contributed by atoms with Crippen LogP contribution in [0.2, 0.25) is 0 Å². The Bertz CT molecular complexity index is 1240. The Labute approximate surface area is 185 Å². The monoisotopic (exact) mass is 426 g/mol. The molecule has 6 nitrogen and oxygen atoms in total. The van der Waals surface area contributed by atoms with Gasteiger partial charge in [-0.25, -0.2) is 9.78 Å². The Morgan fingerprint density at radius 1 is 0.875 bits per heavy atom. The number of carbonyl (C=O) groups is 2. The molecule has 4 rings (SSSR count). The Kier molecular flexibility index (Phi) is 6.41. The summed E-state index contributed by atoms with van der Waals surface area (Å²) in [5.41, 5.74) is 3.12. The zero-order chi connectivity index (χ0) is 22.3. The van der Waals surface area contributed by atoms with Gasteiger partial charge in [0.05, 0.1) is 17.7 Å². The van der Waals surface area contributed by atoms with Gasteiger partial charge in [0.1, 0.15) is 11.4 Å². The predicted molar refractivity (Wildman–Crippen MR) is 122 cm³/mol. The number of hydrogen-bond donors (Lipinski definition) is 2. The van der Waals surface area contributed by atoms with Crippen LogP contribution in [-0.2, 0) is 13.0 Å². The van der Waals surface area contributed by atoms with Crippen molar-refractivity contribution in [3.63, 3.8) is 0 Å². The van der Waals surface area contributed by atoms with E-state index < -0.39 is 5.97 Å². The molecule has 1 amide bonds. The minimum absolute atomic E-state index is 0.202. The van der Waals surface area contributed by atoms with E-state index in [1.807, 2.05) is 42.5 Å². The van der Waals surface area contributed by atoms with Crippen molar-refractivity contribution in [3.05, 3.63) is 107 Å². The third kappa shape index (κ3) is 5.10. The molecule has 0 bridgehead atoms. The Morgan fingerprint density at radius 2 is 1.59 bits per heavy atom. The highest BCUT2D eigenvalue weighted by Crippen LogP contribution is 2.25. The topological polar surface area (TPSA) is 88.5 Å². The quantitative estimate of drug-likeness (QED) is 0.434. The van der Waals surface area contributed by atoms with Crippen LogP contribution in [-0.4, -0.2) is 28.6 Å². The summed E-state index contributed by atoms with van der Waals surface area (Å²) in [5, 5.41) is 12.7. The molecule has 0 saturated heterocycles. The van der Waals surface area contributed by atoms with E-state index in [4.69, 9.17) is 9.84 Å². The maximum absolute atomic E-state index is 12.8. The van der Waals surface area contributed by atoms with Gasteiger partial charge in [0.25, 0.3) is 5.91 Å². The number of nitrogens with zero attached hydrogens (tertiary/aromatic N) is 1. The average Bonchev–Trinajstić information content (AvgIpc) is 2.83. The van der Waals surface area contributed by atoms with Crippen LogP contribution in [0.15, 0.2) is 84.9 Å². The predicted octanol–water partition coefficient (Wildman–Crippen LogP) is 4.48. The van der Waals surface area contributed by atoms with Crippen LogP contribution in [0.4, 0.5) is 0 Å². The van der Waals surface area contributed by atoms with Crippen LogP contribution in [0.5, 0.6) is 5.75 Å². The molecular weight excluding hydrogens is 404 g/mol. The molecule has 0 unspecified atom stereocenters. The number of aromatic carboxylic acids is 1. The fourth-order valence-corrected chi connectivity index (χ4v) is 3.34. The Morgan fingerprint density at radius 3 is 2.34 bits per heavy atom. The number of carboxylic acid groups (broad SMARTS) is 1. The number of amides is 1. The molecular formula is C26H22N2O4. The van der Waals surface area contributed by atoms with E-state index in [1.54, 1.807) is 18.2 Å². The lowest BCUT2D eigenvalue weighted by Gasteiger charge is -2.12. The standard InChI is InChI=1S/C26H22N2O4/c29-25(27-17-19-10-12-20(13-11-19)26(30)31)23-16-24(21-8-4-5-9-22(21)28-23)32-15-14-18-6-2-1-3-7-18/h1-13,16H,14-15,17H2,(H,27,29)(H,30,31). The Balaban J connectivity index is 1.47. The molecule has 0 atom stereocenters. The third-order valence-electron chi connectivity index (χ3n) is 5.06. The lowest BCUT2D eigenvalue weighted by molar-refractivity contribution is 0.0696. The molecule has 1 aromatic heterocycles. The van der Waals surface area contributed by atoms with Gasteiger partial charge < -0.3 is 15.2 Å². The summed E-state index contributed by atoms with van der Waals surface area (Å²) in [4.78, 5) is 28.2. The van der Waals surface area contributed by atoms with Crippen molar-refractivity contribution in [2.24, 2.45) is 0 Å². The first-order valence-corrected chi connectivity index (χ1v) is 10.3. The van der Waals surface area contributed by atoms with Crippen molar-refractivity contribution < 1.29 is 19.4 Å². The molecule has 0 aliphatic heterocycles. The second-order valence-electron chi connectivity index (χ2n) is 7.29. The van der Waals surface area contributed by atoms with E-state index in [0.29, 0.717) is 17.9 Å². The van der Waals surface area contributed by atoms with Gasteiger partial charge in [-0.2, -0.15) is 0 Å². The number of carbonyl (C=O) groups excluding carboxylic acids is 1. The molecule has 0 radical (unpaired) electrons. The summed E-state index contributed by atoms with van der Waals surface area (Å²) < 4.78 is 6.04. The van der Waals surface area contributed by atoms with Gasteiger partial charge in [-0.15, -0.1) is 0 Å². The highest BCUT2D eigenvalue weighted by atomic mass is 16.5. The lowest BCUT2D eigenvalue weighted by Crippen LogP contribution is -2.24. The van der Waals surface area contributed by atoms with Crippen LogP contribution in [0, 0.1) is 0 Å². The summed E-state index contributed by atoms with van der Waals surface area (Å²) in [7, 11) is 0. The molecule has 3 aromatic carbocycles. The van der Waals surface area contributed by atoms with Crippen molar-refractivity contribution in [1.82, 2.24) is 10.3 Å². The third-order valence-corrected chi connectivity index (χ3v) is 5.06. The molecule has 0 aliphatic carbocycles. The number of fused-ring (bicyclic) bond motifs is 1. The first-order valence-electron chi connectivity index (χ1n) is 10.3. The first-order chi connectivity index (χ1) is 15.6. The molecule has 0 spiro atoms. The van der Waals surface area contributed by atoms with Gasteiger partial charge in [0.2, 0.25) is 0 Å². The largest absolute Gasteiger partial charge is 0.492 e. The van der Waals surface area contributed by atoms with Crippen molar-refractivity contribution >= 4 is 22.8 Å². The van der Waals surface area contributed by atoms with Crippen LogP contribution in [0.3, 0.4) is 0 Å². The molecule has 6 heteroatoms. The molecule has 4 aromatic rings. The summed E-state index contributed by atoms with van der Waals surface area (Å²) in [5.74, 6) is -0.700. The van der Waals surface area contributed by atoms with Crippen LogP contribution in [0.25, 0.3) is 10.9 Å². The molecule has 0 aliphatic rings. The van der Waals surface area contributed by atoms with Crippen molar-refractivity contribution in [2.45, 2.75) is 13.0 Å². The fraction of sp³-hybridized carbons (Fsp3) is 0.115. The molecule has 1 heterocycles. The van der Waals surface area contributed by atoms with Gasteiger partial charge in [0, 0.05) is 24.4 Å². The Hall–Kier alpha value is -4.19. The van der Waals surface area contributed by atoms with Crippen molar-refractivity contribution in [3.8, 4) is 5.75 Å². The number of pyridine rings is 1. The number of benzene rings is 3. The van der Waals surface area contributed by atoms with E-state index in [9.17, 15) is 9.59 Å². The number of carboxylic acids is 1. The smallest absolute Gasteiger partial charge is 0.335 e. The van der Waals surface area contributed by atoms with E-state index >= 15 is 0 Å². The zero-order valence-electron chi connectivity index (χ0n) is 17.3.